The molecule has 0 saturated heterocycles. The molecule has 1 unspecified atom stereocenters. The van der Waals surface area contributed by atoms with Crippen LogP contribution >= 0.6 is 0 Å². The normalized spacial score (nSPS) is 12.3. The molecule has 0 aromatic carbocycles. The first-order valence-corrected chi connectivity index (χ1v) is 3.81. The smallest absolute Gasteiger partial charge is 0.0445 e. The molecule has 0 rings (SSSR count). The fourth-order valence-corrected chi connectivity index (χ4v) is 0.757. The maximum Gasteiger partial charge on any atom is -0.0445 e. The summed E-state index contributed by atoms with van der Waals surface area (Å²) in [6.45, 7) is 6.85. The average Bonchev–Trinajstić information content (AvgIpc) is 1.83. The fraction of sp³-hybridized carbons (Fsp3) is 1.00. The van der Waals surface area contributed by atoms with Gasteiger partial charge in [-0.1, -0.05) is 46.5 Å². The second kappa shape index (κ2) is 7.93. The van der Waals surface area contributed by atoms with Crippen molar-refractivity contribution in [1.29, 1.82) is 0 Å². The summed E-state index contributed by atoms with van der Waals surface area (Å²) in [7, 11) is 0. The Morgan fingerprint density at radius 2 is 1.78 bits per heavy atom. The average molecular weight is 134 g/mol. The van der Waals surface area contributed by atoms with Gasteiger partial charge in [0.05, 0.1) is 0 Å². The maximum atomic E-state index is 2.33. The van der Waals surface area contributed by atoms with Gasteiger partial charge in [0.25, 0.3) is 0 Å². The quantitative estimate of drug-likeness (QED) is 0.553. The van der Waals surface area contributed by atoms with Crippen molar-refractivity contribution in [2.24, 2.45) is 5.92 Å². The van der Waals surface area contributed by atoms with Crippen LogP contribution in [0, 0.1) is 5.92 Å². The van der Waals surface area contributed by atoms with E-state index in [4.69, 9.17) is 0 Å². The van der Waals surface area contributed by atoms with Crippen molar-refractivity contribution in [3.05, 3.63) is 0 Å². The molecule has 0 amide bonds. The fourth-order valence-electron chi connectivity index (χ4n) is 0.757. The zero-order valence-corrected chi connectivity index (χ0v) is 6.81. The van der Waals surface area contributed by atoms with E-state index in [9.17, 15) is 0 Å². The van der Waals surface area contributed by atoms with Crippen molar-refractivity contribution in [3.63, 3.8) is 0 Å². The lowest BCUT2D eigenvalue weighted by Crippen LogP contribution is -1.89. The van der Waals surface area contributed by atoms with Crippen LogP contribution in [-0.4, -0.2) is 0 Å². The van der Waals surface area contributed by atoms with E-state index >= 15 is 0 Å². The Bertz CT molecular complexity index is 43.8. The van der Waals surface area contributed by atoms with Crippen LogP contribution in [0.1, 0.15) is 46.5 Å². The highest BCUT2D eigenvalue weighted by molar-refractivity contribution is 4.47. The number of hydrogen-bond acceptors (Lipinski definition) is 0. The molecule has 9 heavy (non-hydrogen) atoms. The van der Waals surface area contributed by atoms with Crippen molar-refractivity contribution in [3.8, 4) is 0 Å². The van der Waals surface area contributed by atoms with Crippen LogP contribution in [0.5, 0.6) is 0 Å². The predicted molar refractivity (Wildman–Crippen MR) is 41.5 cm³/mol. The Kier molecular flexibility index (Phi) is 10.3. The van der Waals surface area contributed by atoms with Crippen molar-refractivity contribution in [2.75, 3.05) is 0 Å². The van der Waals surface area contributed by atoms with Crippen LogP contribution in [0.4, 0.5) is 4.70 Å². The molecular weight excluding hydrogens is 115 g/mol. The molecule has 0 aliphatic heterocycles. The summed E-state index contributed by atoms with van der Waals surface area (Å²) in [6.07, 6.45) is 5.53. The van der Waals surface area contributed by atoms with Gasteiger partial charge >= 0.3 is 0 Å². The molecule has 0 fully saturated rings. The van der Waals surface area contributed by atoms with Crippen LogP contribution in [0.2, 0.25) is 0 Å². The zero-order chi connectivity index (χ0) is 6.41. The van der Waals surface area contributed by atoms with Crippen LogP contribution in [-0.2, 0) is 0 Å². The van der Waals surface area contributed by atoms with Crippen LogP contribution in [0.3, 0.4) is 0 Å². The summed E-state index contributed by atoms with van der Waals surface area (Å²) >= 11 is 0. The molecule has 1 heteroatoms. The highest BCUT2D eigenvalue weighted by Crippen LogP contribution is 2.09. The van der Waals surface area contributed by atoms with Gasteiger partial charge in [-0.2, -0.15) is 0 Å². The van der Waals surface area contributed by atoms with Gasteiger partial charge in [-0.05, 0) is 5.92 Å². The minimum absolute atomic E-state index is 0. The molecule has 1 atom stereocenters. The summed E-state index contributed by atoms with van der Waals surface area (Å²) in [6, 6.07) is 0. The van der Waals surface area contributed by atoms with Crippen molar-refractivity contribution in [2.45, 2.75) is 46.5 Å². The Labute approximate surface area is 58.0 Å². The molecule has 0 aliphatic rings. The van der Waals surface area contributed by atoms with Gasteiger partial charge in [0.2, 0.25) is 0 Å². The van der Waals surface area contributed by atoms with E-state index in [0.29, 0.717) is 0 Å². The Balaban J connectivity index is 0. The van der Waals surface area contributed by atoms with Crippen LogP contribution < -0.4 is 0 Å². The lowest BCUT2D eigenvalue weighted by atomic mass is 10.0. The molecule has 0 aromatic rings. The lowest BCUT2D eigenvalue weighted by molar-refractivity contribution is 0.492. The van der Waals surface area contributed by atoms with E-state index in [1.807, 2.05) is 0 Å². The van der Waals surface area contributed by atoms with Crippen LogP contribution in [0.15, 0.2) is 0 Å². The van der Waals surface area contributed by atoms with Crippen molar-refractivity contribution >= 4 is 0 Å². The molecule has 0 aromatic heterocycles. The highest BCUT2D eigenvalue weighted by Gasteiger charge is 1.94. The minimum atomic E-state index is 0. The third kappa shape index (κ3) is 7.93. The van der Waals surface area contributed by atoms with E-state index in [2.05, 4.69) is 20.8 Å². The lowest BCUT2D eigenvalue weighted by Gasteiger charge is -2.04. The van der Waals surface area contributed by atoms with E-state index in [1.54, 1.807) is 0 Å². The predicted octanol–water partition coefficient (Wildman–Crippen LogP) is 3.38. The summed E-state index contributed by atoms with van der Waals surface area (Å²) in [4.78, 5) is 0. The molecule has 58 valence electrons. The van der Waals surface area contributed by atoms with Crippen LogP contribution in [0.25, 0.3) is 0 Å². The molecule has 0 spiro atoms. The Hall–Kier alpha value is -0.0700. The molecule has 0 saturated carbocycles. The van der Waals surface area contributed by atoms with Gasteiger partial charge in [0.15, 0.2) is 0 Å². The number of halogens is 1. The molecule has 0 aliphatic carbocycles. The number of hydrogen-bond donors (Lipinski definition) is 0. The molecule has 0 heterocycles. The van der Waals surface area contributed by atoms with E-state index in [0.717, 1.165) is 5.92 Å². The first-order chi connectivity index (χ1) is 3.81. The van der Waals surface area contributed by atoms with Crippen molar-refractivity contribution in [1.82, 2.24) is 0 Å². The highest BCUT2D eigenvalue weighted by atomic mass is 19.0. The molecule has 0 radical (unpaired) electrons. The zero-order valence-electron chi connectivity index (χ0n) is 6.81. The third-order valence-corrected chi connectivity index (χ3v) is 1.75. The minimum Gasteiger partial charge on any atom is -0.269 e. The Morgan fingerprint density at radius 3 is 2.11 bits per heavy atom. The summed E-state index contributed by atoms with van der Waals surface area (Å²) in [5, 5.41) is 0. The molecular formula is C8H19F. The monoisotopic (exact) mass is 134 g/mol. The summed E-state index contributed by atoms with van der Waals surface area (Å²) < 4.78 is 0. The first kappa shape index (κ1) is 11.7. The van der Waals surface area contributed by atoms with E-state index < -0.39 is 0 Å². The largest absolute Gasteiger partial charge is 0.269 e. The van der Waals surface area contributed by atoms with Gasteiger partial charge in [-0.15, -0.1) is 0 Å². The first-order valence-electron chi connectivity index (χ1n) is 3.81. The molecule has 0 N–H and O–H groups in total. The van der Waals surface area contributed by atoms with E-state index in [-0.39, 0.29) is 4.70 Å². The SMILES string of the molecule is CCCCC(C)CC.F. The van der Waals surface area contributed by atoms with Gasteiger partial charge in [-0.25, -0.2) is 0 Å². The van der Waals surface area contributed by atoms with Gasteiger partial charge < -0.3 is 0 Å². The Morgan fingerprint density at radius 1 is 1.22 bits per heavy atom. The standard InChI is InChI=1S/C8H18.FH/c1-4-6-7-8(3)5-2;/h8H,4-7H2,1-3H3;1H. The molecule has 0 nitrogen and oxygen atoms in total. The van der Waals surface area contributed by atoms with Crippen molar-refractivity contribution < 1.29 is 4.70 Å². The summed E-state index contributed by atoms with van der Waals surface area (Å²) in [5.74, 6) is 0.954. The number of unbranched alkanes of at least 4 members (excludes halogenated alkanes) is 1. The third-order valence-electron chi connectivity index (χ3n) is 1.75. The summed E-state index contributed by atoms with van der Waals surface area (Å²) in [5.41, 5.74) is 0. The second-order valence-electron chi connectivity index (χ2n) is 2.66. The van der Waals surface area contributed by atoms with Gasteiger partial charge in [-0.3, -0.25) is 4.70 Å². The van der Waals surface area contributed by atoms with Gasteiger partial charge in [0.1, 0.15) is 0 Å². The molecule has 0 bridgehead atoms. The number of rotatable bonds is 4. The van der Waals surface area contributed by atoms with Gasteiger partial charge in [0, 0.05) is 0 Å². The topological polar surface area (TPSA) is 0 Å². The maximum absolute atomic E-state index is 2.33. The second-order valence-corrected chi connectivity index (χ2v) is 2.66. The van der Waals surface area contributed by atoms with E-state index in [1.165, 1.54) is 25.7 Å².